The number of ether oxygens (including phenoxy) is 2. The van der Waals surface area contributed by atoms with Crippen molar-refractivity contribution in [2.45, 2.75) is 45.6 Å². The van der Waals surface area contributed by atoms with Gasteiger partial charge < -0.3 is 19.4 Å². The molecule has 11 heteroatoms. The minimum absolute atomic E-state index is 0.0530. The molecule has 0 aliphatic carbocycles. The van der Waals surface area contributed by atoms with E-state index < -0.39 is 0 Å². The quantitative estimate of drug-likeness (QED) is 0.371. The smallest absolute Gasteiger partial charge is 0.210 e. The van der Waals surface area contributed by atoms with Gasteiger partial charge in [0, 0.05) is 48.0 Å². The second-order valence-electron chi connectivity index (χ2n) is 10.3. The summed E-state index contributed by atoms with van der Waals surface area (Å²) in [6, 6.07) is 6.18. The molecule has 2 N–H and O–H groups in total. The molecule has 5 aromatic heterocycles. The van der Waals surface area contributed by atoms with Crippen molar-refractivity contribution in [1.29, 1.82) is 0 Å². The fraction of sp³-hybridized carbons (Fsp3) is 0.400. The third-order valence-electron chi connectivity index (χ3n) is 6.52. The summed E-state index contributed by atoms with van der Waals surface area (Å²) in [5.74, 6) is 2.61. The first-order valence-corrected chi connectivity index (χ1v) is 12.0. The Kier molecular flexibility index (Phi) is 5.18. The monoisotopic (exact) mass is 487 g/mol. The molecule has 1 saturated heterocycles. The van der Waals surface area contributed by atoms with Crippen LogP contribution >= 0.6 is 0 Å². The number of nitrogens with one attached hydrogen (secondary N) is 2. The molecular weight excluding hydrogens is 458 g/mol. The second-order valence-corrected chi connectivity index (χ2v) is 10.3. The molecule has 0 radical (unpaired) electrons. The Labute approximate surface area is 207 Å². The van der Waals surface area contributed by atoms with Crippen LogP contribution in [-0.2, 0) is 17.2 Å². The molecule has 0 bridgehead atoms. The van der Waals surface area contributed by atoms with Crippen LogP contribution < -0.4 is 10.1 Å². The molecule has 1 atom stereocenters. The van der Waals surface area contributed by atoms with Crippen LogP contribution in [-0.4, -0.2) is 52.7 Å². The molecule has 0 aromatic carbocycles. The Balaban J connectivity index is 1.29. The van der Waals surface area contributed by atoms with Crippen LogP contribution in [0.3, 0.4) is 0 Å². The third kappa shape index (κ3) is 3.95. The lowest BCUT2D eigenvalue weighted by Gasteiger charge is -2.22. The van der Waals surface area contributed by atoms with E-state index in [0.717, 1.165) is 41.1 Å². The van der Waals surface area contributed by atoms with Crippen LogP contribution in [0.15, 0.2) is 30.6 Å². The van der Waals surface area contributed by atoms with E-state index in [4.69, 9.17) is 14.6 Å². The number of aromatic amines is 1. The zero-order valence-corrected chi connectivity index (χ0v) is 21.0. The Morgan fingerprint density at radius 3 is 2.64 bits per heavy atom. The predicted octanol–water partition coefficient (Wildman–Crippen LogP) is 4.54. The maximum absolute atomic E-state index is 6.06. The van der Waals surface area contributed by atoms with E-state index in [1.165, 1.54) is 0 Å². The van der Waals surface area contributed by atoms with Crippen molar-refractivity contribution in [2.24, 2.45) is 7.05 Å². The average Bonchev–Trinajstić information content (AvgIpc) is 3.62. The van der Waals surface area contributed by atoms with Gasteiger partial charge in [-0.2, -0.15) is 15.2 Å². The van der Waals surface area contributed by atoms with E-state index >= 15 is 0 Å². The van der Waals surface area contributed by atoms with Gasteiger partial charge in [0.05, 0.1) is 30.6 Å². The molecule has 0 saturated carbocycles. The van der Waals surface area contributed by atoms with E-state index in [1.54, 1.807) is 12.4 Å². The maximum atomic E-state index is 6.06. The van der Waals surface area contributed by atoms with Crippen LogP contribution in [0.25, 0.3) is 22.2 Å². The average molecular weight is 488 g/mol. The highest BCUT2D eigenvalue weighted by molar-refractivity contribution is 5.79. The summed E-state index contributed by atoms with van der Waals surface area (Å²) >= 11 is 0. The molecular formula is C25H29N9O2. The van der Waals surface area contributed by atoms with Gasteiger partial charge >= 0.3 is 0 Å². The molecule has 0 amide bonds. The van der Waals surface area contributed by atoms with Crippen molar-refractivity contribution in [3.05, 3.63) is 42.0 Å². The van der Waals surface area contributed by atoms with Crippen LogP contribution in [0.4, 0.5) is 11.8 Å². The summed E-state index contributed by atoms with van der Waals surface area (Å²) in [5, 5.41) is 16.3. The van der Waals surface area contributed by atoms with Crippen molar-refractivity contribution >= 4 is 34.0 Å². The predicted molar refractivity (Wildman–Crippen MR) is 136 cm³/mol. The third-order valence-corrected chi connectivity index (χ3v) is 6.52. The second kappa shape index (κ2) is 8.30. The van der Waals surface area contributed by atoms with Gasteiger partial charge in [-0.15, -0.1) is 0 Å². The summed E-state index contributed by atoms with van der Waals surface area (Å²) in [7, 11) is 1.94. The molecule has 1 fully saturated rings. The highest BCUT2D eigenvalue weighted by atomic mass is 16.5. The number of hydrogen-bond donors (Lipinski definition) is 2. The minimum Gasteiger partial charge on any atom is -0.454 e. The first-order chi connectivity index (χ1) is 17.3. The molecule has 1 aliphatic heterocycles. The van der Waals surface area contributed by atoms with Crippen LogP contribution in [0, 0.1) is 6.92 Å². The summed E-state index contributed by atoms with van der Waals surface area (Å²) in [6.07, 6.45) is 4.28. The Bertz CT molecular complexity index is 1570. The number of nitrogens with zero attached hydrogens (tertiary/aromatic N) is 7. The molecule has 186 valence electrons. The Morgan fingerprint density at radius 1 is 1.11 bits per heavy atom. The highest BCUT2D eigenvalue weighted by Crippen LogP contribution is 2.32. The maximum Gasteiger partial charge on any atom is 0.210 e. The zero-order valence-electron chi connectivity index (χ0n) is 21.0. The summed E-state index contributed by atoms with van der Waals surface area (Å²) in [4.78, 5) is 13.6. The molecule has 0 unspecified atom stereocenters. The van der Waals surface area contributed by atoms with Crippen molar-refractivity contribution in [1.82, 2.24) is 39.5 Å². The zero-order chi connectivity index (χ0) is 25.0. The van der Waals surface area contributed by atoms with Gasteiger partial charge in [-0.05, 0) is 19.4 Å². The van der Waals surface area contributed by atoms with Crippen molar-refractivity contribution in [3.8, 4) is 11.5 Å². The van der Waals surface area contributed by atoms with E-state index in [2.05, 4.69) is 62.0 Å². The van der Waals surface area contributed by atoms with Crippen LogP contribution in [0.5, 0.6) is 11.5 Å². The van der Waals surface area contributed by atoms with Gasteiger partial charge in [0.15, 0.2) is 17.1 Å². The molecule has 5 aromatic rings. The van der Waals surface area contributed by atoms with Gasteiger partial charge in [0.25, 0.3) is 0 Å². The number of fused-ring (bicyclic) bond motifs is 2. The SMILES string of the molecule is Cc1[nH]nc2ncc(Oc3cnc4nc(Nc5cc(C(C)(C)C)n([C@@H]6CCOC6)n5)n(C)c4c3)cc12. The first-order valence-electron chi connectivity index (χ1n) is 12.0. The number of aryl methyl sites for hydroxylation is 2. The van der Waals surface area contributed by atoms with E-state index in [-0.39, 0.29) is 11.5 Å². The minimum atomic E-state index is -0.0530. The topological polar surface area (TPSA) is 121 Å². The van der Waals surface area contributed by atoms with Crippen LogP contribution in [0.1, 0.15) is 44.6 Å². The highest BCUT2D eigenvalue weighted by Gasteiger charge is 2.28. The van der Waals surface area contributed by atoms with Gasteiger partial charge in [0.2, 0.25) is 5.95 Å². The van der Waals surface area contributed by atoms with Gasteiger partial charge in [0.1, 0.15) is 11.5 Å². The number of rotatable bonds is 5. The normalized spacial score (nSPS) is 16.3. The summed E-state index contributed by atoms with van der Waals surface area (Å²) < 4.78 is 15.7. The fourth-order valence-corrected chi connectivity index (χ4v) is 4.53. The lowest BCUT2D eigenvalue weighted by Crippen LogP contribution is -2.22. The standard InChI is InChI=1S/C25H29N9O2/c1-14-18-8-16(11-26-22(18)31-30-14)36-17-9-19-23(27-12-17)29-24(33(19)5)28-21-10-20(25(2,3)4)34(32-21)15-6-7-35-13-15/h8-12,15H,6-7,13H2,1-5H3,(H,26,30,31)(H,27,28,29,32)/t15-/m1/s1. The first kappa shape index (κ1) is 22.5. The van der Waals surface area contributed by atoms with Crippen molar-refractivity contribution < 1.29 is 9.47 Å². The van der Waals surface area contributed by atoms with E-state index in [1.807, 2.05) is 30.7 Å². The number of pyridine rings is 2. The lowest BCUT2D eigenvalue weighted by molar-refractivity contribution is 0.183. The van der Waals surface area contributed by atoms with Gasteiger partial charge in [-0.3, -0.25) is 9.78 Å². The summed E-state index contributed by atoms with van der Waals surface area (Å²) in [6.45, 7) is 9.99. The summed E-state index contributed by atoms with van der Waals surface area (Å²) in [5.41, 5.74) is 4.16. The Hall–Kier alpha value is -3.99. The van der Waals surface area contributed by atoms with Crippen LogP contribution in [0.2, 0.25) is 0 Å². The number of H-pyrrole nitrogens is 1. The lowest BCUT2D eigenvalue weighted by atomic mass is 9.91. The number of hydrogen-bond acceptors (Lipinski definition) is 8. The molecule has 0 spiro atoms. The Morgan fingerprint density at radius 2 is 1.89 bits per heavy atom. The van der Waals surface area contributed by atoms with E-state index in [9.17, 15) is 0 Å². The van der Waals surface area contributed by atoms with Crippen molar-refractivity contribution in [2.75, 3.05) is 18.5 Å². The number of aromatic nitrogens is 8. The largest absolute Gasteiger partial charge is 0.454 e. The fourth-order valence-electron chi connectivity index (χ4n) is 4.53. The van der Waals surface area contributed by atoms with E-state index in [0.29, 0.717) is 35.3 Å². The van der Waals surface area contributed by atoms with Crippen molar-refractivity contribution in [3.63, 3.8) is 0 Å². The van der Waals surface area contributed by atoms with Gasteiger partial charge in [-0.1, -0.05) is 20.8 Å². The molecule has 6 heterocycles. The number of imidazole rings is 1. The number of anilines is 2. The molecule has 11 nitrogen and oxygen atoms in total. The molecule has 6 rings (SSSR count). The molecule has 36 heavy (non-hydrogen) atoms. The molecule has 1 aliphatic rings. The van der Waals surface area contributed by atoms with Gasteiger partial charge in [-0.25, -0.2) is 9.97 Å².